The van der Waals surface area contributed by atoms with E-state index in [1.54, 1.807) is 16.9 Å². The summed E-state index contributed by atoms with van der Waals surface area (Å²) in [5.41, 5.74) is 4.05. The third kappa shape index (κ3) is 3.40. The predicted octanol–water partition coefficient (Wildman–Crippen LogP) is 3.54. The highest BCUT2D eigenvalue weighted by Gasteiger charge is 2.47. The van der Waals surface area contributed by atoms with E-state index in [2.05, 4.69) is 11.1 Å². The highest BCUT2D eigenvalue weighted by atomic mass is 35.5. The number of rotatable bonds is 5. The second-order valence-electron chi connectivity index (χ2n) is 8.14. The van der Waals surface area contributed by atoms with Crippen LogP contribution in [0.25, 0.3) is 10.9 Å². The number of hydrogen-bond donors (Lipinski definition) is 1. The predicted molar refractivity (Wildman–Crippen MR) is 119 cm³/mol. The molecule has 2 aliphatic rings. The largest absolute Gasteiger partial charge is 0.385 e. The molecule has 0 aliphatic carbocycles. The maximum atomic E-state index is 13.5. The first-order valence-corrected chi connectivity index (χ1v) is 10.9. The van der Waals surface area contributed by atoms with E-state index in [1.807, 2.05) is 42.5 Å². The van der Waals surface area contributed by atoms with Gasteiger partial charge in [-0.25, -0.2) is 0 Å². The first-order chi connectivity index (χ1) is 15.1. The van der Waals surface area contributed by atoms with Crippen LogP contribution in [0.5, 0.6) is 0 Å². The van der Waals surface area contributed by atoms with Gasteiger partial charge in [0.05, 0.1) is 12.6 Å². The Morgan fingerprint density at radius 2 is 1.90 bits per heavy atom. The van der Waals surface area contributed by atoms with Gasteiger partial charge in [0, 0.05) is 48.3 Å². The molecule has 0 unspecified atom stereocenters. The molecule has 1 fully saturated rings. The fraction of sp³-hybridized carbons (Fsp3) is 0.333. The number of benzene rings is 2. The maximum Gasteiger partial charge on any atom is 0.246 e. The summed E-state index contributed by atoms with van der Waals surface area (Å²) in [7, 11) is 1.64. The highest BCUT2D eigenvalue weighted by Crippen LogP contribution is 2.42. The molecule has 7 heteroatoms. The van der Waals surface area contributed by atoms with Gasteiger partial charge in [-0.3, -0.25) is 9.59 Å². The highest BCUT2D eigenvalue weighted by molar-refractivity contribution is 6.30. The molecule has 1 saturated heterocycles. The van der Waals surface area contributed by atoms with E-state index in [0.29, 0.717) is 31.0 Å². The fourth-order valence-electron chi connectivity index (χ4n) is 4.90. The van der Waals surface area contributed by atoms with Crippen molar-refractivity contribution in [3.63, 3.8) is 0 Å². The Balaban J connectivity index is 1.61. The number of aromatic amines is 1. The molecule has 0 saturated carbocycles. The van der Waals surface area contributed by atoms with Crippen molar-refractivity contribution in [2.75, 3.05) is 26.8 Å². The molecule has 2 atom stereocenters. The van der Waals surface area contributed by atoms with Gasteiger partial charge in [-0.05, 0) is 35.7 Å². The van der Waals surface area contributed by atoms with Crippen LogP contribution in [0.1, 0.15) is 29.3 Å². The lowest BCUT2D eigenvalue weighted by atomic mass is 9.86. The molecule has 5 rings (SSSR count). The number of fused-ring (bicyclic) bond motifs is 4. The number of H-pyrrole nitrogens is 1. The Kier molecular flexibility index (Phi) is 5.20. The molecule has 1 aromatic heterocycles. The summed E-state index contributed by atoms with van der Waals surface area (Å²) >= 11 is 6.12. The standard InChI is InChI=1S/C24H24ClN3O3/c1-31-12-4-11-27-14-21(29)28-20(24(27)30)13-18-17-5-2-3-6-19(17)26-22(18)23(28)15-7-9-16(25)10-8-15/h2-3,5-10,20,23,26H,4,11-14H2,1H3/t20-,23-/m0/s1. The summed E-state index contributed by atoms with van der Waals surface area (Å²) in [6.45, 7) is 1.18. The van der Waals surface area contributed by atoms with Crippen molar-refractivity contribution in [1.82, 2.24) is 14.8 Å². The minimum atomic E-state index is -0.517. The van der Waals surface area contributed by atoms with Crippen molar-refractivity contribution in [2.24, 2.45) is 0 Å². The van der Waals surface area contributed by atoms with Crippen LogP contribution in [-0.4, -0.2) is 59.4 Å². The van der Waals surface area contributed by atoms with E-state index in [9.17, 15) is 9.59 Å². The van der Waals surface area contributed by atoms with Crippen molar-refractivity contribution in [3.05, 3.63) is 70.4 Å². The number of nitrogens with zero attached hydrogens (tertiary/aromatic N) is 2. The number of piperazine rings is 1. The molecular formula is C24H24ClN3O3. The molecule has 160 valence electrons. The average molecular weight is 438 g/mol. The van der Waals surface area contributed by atoms with Crippen LogP contribution in [0.15, 0.2) is 48.5 Å². The van der Waals surface area contributed by atoms with Gasteiger partial charge in [-0.2, -0.15) is 0 Å². The van der Waals surface area contributed by atoms with Gasteiger partial charge in [0.1, 0.15) is 6.04 Å². The van der Waals surface area contributed by atoms with Gasteiger partial charge >= 0.3 is 0 Å². The molecule has 0 radical (unpaired) electrons. The Morgan fingerprint density at radius 3 is 2.68 bits per heavy atom. The van der Waals surface area contributed by atoms with E-state index in [-0.39, 0.29) is 24.4 Å². The van der Waals surface area contributed by atoms with E-state index in [0.717, 1.165) is 27.7 Å². The average Bonchev–Trinajstić information content (AvgIpc) is 3.15. The van der Waals surface area contributed by atoms with Crippen molar-refractivity contribution in [1.29, 1.82) is 0 Å². The normalized spacial score (nSPS) is 20.8. The molecule has 2 aliphatic heterocycles. The summed E-state index contributed by atoms with van der Waals surface area (Å²) in [5.74, 6) is -0.0307. The number of para-hydroxylation sites is 1. The number of hydrogen-bond acceptors (Lipinski definition) is 3. The van der Waals surface area contributed by atoms with Crippen LogP contribution in [0.3, 0.4) is 0 Å². The molecule has 31 heavy (non-hydrogen) atoms. The minimum absolute atomic E-state index is 0.00518. The van der Waals surface area contributed by atoms with Gasteiger partial charge in [-0.15, -0.1) is 0 Å². The van der Waals surface area contributed by atoms with Gasteiger partial charge in [0.15, 0.2) is 0 Å². The zero-order valence-corrected chi connectivity index (χ0v) is 18.1. The second-order valence-corrected chi connectivity index (χ2v) is 8.58. The van der Waals surface area contributed by atoms with Crippen LogP contribution in [-0.2, 0) is 20.7 Å². The first-order valence-electron chi connectivity index (χ1n) is 10.5. The van der Waals surface area contributed by atoms with Crippen LogP contribution in [0.2, 0.25) is 5.02 Å². The number of ether oxygens (including phenoxy) is 1. The topological polar surface area (TPSA) is 65.6 Å². The Hall–Kier alpha value is -2.83. The van der Waals surface area contributed by atoms with Crippen LogP contribution < -0.4 is 0 Å². The van der Waals surface area contributed by atoms with E-state index in [4.69, 9.17) is 16.3 Å². The monoisotopic (exact) mass is 437 g/mol. The van der Waals surface area contributed by atoms with Crippen molar-refractivity contribution < 1.29 is 14.3 Å². The molecule has 0 bridgehead atoms. The number of carbonyl (C=O) groups is 2. The zero-order valence-electron chi connectivity index (χ0n) is 17.3. The first kappa shape index (κ1) is 20.1. The SMILES string of the molecule is COCCCN1CC(=O)N2[C@@H](c3ccc(Cl)cc3)c3[nH]c4ccccc4c3C[C@H]2C1=O. The lowest BCUT2D eigenvalue weighted by Crippen LogP contribution is -2.63. The number of methoxy groups -OCH3 is 1. The maximum absolute atomic E-state index is 13.5. The summed E-state index contributed by atoms with van der Waals surface area (Å²) in [6, 6.07) is 14.8. The van der Waals surface area contributed by atoms with Crippen LogP contribution in [0.4, 0.5) is 0 Å². The lowest BCUT2D eigenvalue weighted by molar-refractivity contribution is -0.158. The molecule has 0 spiro atoms. The van der Waals surface area contributed by atoms with Crippen molar-refractivity contribution >= 4 is 34.3 Å². The third-order valence-electron chi connectivity index (χ3n) is 6.30. The number of amides is 2. The third-order valence-corrected chi connectivity index (χ3v) is 6.56. The molecule has 6 nitrogen and oxygen atoms in total. The van der Waals surface area contributed by atoms with Gasteiger partial charge in [-0.1, -0.05) is 41.9 Å². The van der Waals surface area contributed by atoms with Crippen LogP contribution >= 0.6 is 11.6 Å². The smallest absolute Gasteiger partial charge is 0.246 e. The molecule has 3 heterocycles. The van der Waals surface area contributed by atoms with E-state index >= 15 is 0 Å². The number of carbonyl (C=O) groups excluding carboxylic acids is 2. The molecular weight excluding hydrogens is 414 g/mol. The summed E-state index contributed by atoms with van der Waals surface area (Å²) in [6.07, 6.45) is 1.22. The number of halogens is 1. The number of nitrogens with one attached hydrogen (secondary N) is 1. The van der Waals surface area contributed by atoms with Gasteiger partial charge in [0.25, 0.3) is 0 Å². The van der Waals surface area contributed by atoms with Crippen molar-refractivity contribution in [2.45, 2.75) is 24.9 Å². The van der Waals surface area contributed by atoms with Gasteiger partial charge in [0.2, 0.25) is 11.8 Å². The van der Waals surface area contributed by atoms with E-state index < -0.39 is 6.04 Å². The quantitative estimate of drug-likeness (QED) is 0.621. The summed E-state index contributed by atoms with van der Waals surface area (Å²) < 4.78 is 5.12. The summed E-state index contributed by atoms with van der Waals surface area (Å²) in [5, 5.41) is 1.74. The van der Waals surface area contributed by atoms with Crippen molar-refractivity contribution in [3.8, 4) is 0 Å². The van der Waals surface area contributed by atoms with Gasteiger partial charge < -0.3 is 19.5 Å². The lowest BCUT2D eigenvalue weighted by Gasteiger charge is -2.47. The number of aromatic nitrogens is 1. The zero-order chi connectivity index (χ0) is 21.5. The fourth-order valence-corrected chi connectivity index (χ4v) is 5.03. The Morgan fingerprint density at radius 1 is 1.13 bits per heavy atom. The molecule has 2 amide bonds. The Bertz CT molecular complexity index is 1140. The Labute approximate surface area is 185 Å². The van der Waals surface area contributed by atoms with Crippen LogP contribution in [0, 0.1) is 0 Å². The summed E-state index contributed by atoms with van der Waals surface area (Å²) in [4.78, 5) is 33.8. The minimum Gasteiger partial charge on any atom is -0.385 e. The molecule has 2 aromatic carbocycles. The second kappa shape index (κ2) is 8.02. The molecule has 1 N–H and O–H groups in total. The van der Waals surface area contributed by atoms with E-state index in [1.165, 1.54) is 0 Å². The molecule has 3 aromatic rings.